The topological polar surface area (TPSA) is 52.9 Å². The molecule has 0 bridgehead atoms. The Morgan fingerprint density at radius 2 is 2.31 bits per heavy atom. The van der Waals surface area contributed by atoms with Crippen LogP contribution in [0.5, 0.6) is 0 Å². The minimum Gasteiger partial charge on any atom is -0.313 e. The van der Waals surface area contributed by atoms with E-state index in [4.69, 9.17) is 0 Å². The molecule has 0 aliphatic heterocycles. The van der Waals surface area contributed by atoms with Crippen molar-refractivity contribution < 1.29 is 4.79 Å². The Morgan fingerprint density at radius 1 is 1.50 bits per heavy atom. The van der Waals surface area contributed by atoms with Crippen LogP contribution >= 0.6 is 22.7 Å². The van der Waals surface area contributed by atoms with Gasteiger partial charge in [0, 0.05) is 15.8 Å². The lowest BCUT2D eigenvalue weighted by molar-refractivity contribution is -0.111. The zero-order chi connectivity index (χ0) is 18.7. The Balaban J connectivity index is 1.78. The van der Waals surface area contributed by atoms with Crippen LogP contribution in [0.25, 0.3) is 6.08 Å². The smallest absolute Gasteiger partial charge is 0.249 e. The molecule has 1 atom stereocenters. The van der Waals surface area contributed by atoms with E-state index >= 15 is 0 Å². The van der Waals surface area contributed by atoms with Gasteiger partial charge in [0.25, 0.3) is 0 Å². The van der Waals surface area contributed by atoms with Gasteiger partial charge in [0.05, 0.1) is 5.56 Å². The normalized spacial score (nSPS) is 17.1. The SMILES string of the molecule is CCC(C)(C)C1CCc2c(sc(NC(=O)/C=C\c3cccs3)c2C#N)C1. The molecule has 1 N–H and O–H groups in total. The monoisotopic (exact) mass is 384 g/mol. The Kier molecular flexibility index (Phi) is 5.64. The van der Waals surface area contributed by atoms with Crippen molar-refractivity contribution in [2.24, 2.45) is 11.3 Å². The van der Waals surface area contributed by atoms with Crippen molar-refractivity contribution in [3.8, 4) is 6.07 Å². The quantitative estimate of drug-likeness (QED) is 0.655. The average Bonchev–Trinajstić information content (AvgIpc) is 3.26. The van der Waals surface area contributed by atoms with Crippen LogP contribution in [-0.4, -0.2) is 5.91 Å². The van der Waals surface area contributed by atoms with Crippen LogP contribution in [0.2, 0.25) is 0 Å². The molecule has 0 spiro atoms. The Morgan fingerprint density at radius 3 is 2.96 bits per heavy atom. The predicted molar refractivity (Wildman–Crippen MR) is 111 cm³/mol. The molecule has 3 rings (SSSR count). The minimum atomic E-state index is -0.182. The van der Waals surface area contributed by atoms with E-state index in [1.807, 2.05) is 17.5 Å². The Hall–Kier alpha value is -1.90. The highest BCUT2D eigenvalue weighted by molar-refractivity contribution is 7.16. The fraction of sp³-hybridized carbons (Fsp3) is 0.429. The standard InChI is InChI=1S/C21H24N2OS2/c1-4-21(2,3)14-7-9-16-17(13-22)20(26-18(16)12-14)23-19(24)10-8-15-6-5-11-25-15/h5-6,8,10-11,14H,4,7,9,12H2,1-3H3,(H,23,24)/b10-8-. The van der Waals surface area contributed by atoms with Crippen molar-refractivity contribution in [3.63, 3.8) is 0 Å². The molecule has 0 radical (unpaired) electrons. The third-order valence-corrected chi connectivity index (χ3v) is 7.58. The van der Waals surface area contributed by atoms with Crippen LogP contribution in [0.4, 0.5) is 5.00 Å². The molecule has 26 heavy (non-hydrogen) atoms. The second-order valence-corrected chi connectivity index (χ2v) is 9.52. The van der Waals surface area contributed by atoms with Crippen LogP contribution in [0, 0.1) is 22.7 Å². The number of fused-ring (bicyclic) bond motifs is 1. The molecule has 1 amide bonds. The number of carbonyl (C=O) groups is 1. The molecule has 0 aromatic carbocycles. The molecule has 5 heteroatoms. The van der Waals surface area contributed by atoms with Gasteiger partial charge in [-0.15, -0.1) is 22.7 Å². The summed E-state index contributed by atoms with van der Waals surface area (Å²) in [5.74, 6) is 0.450. The van der Waals surface area contributed by atoms with Gasteiger partial charge in [-0.25, -0.2) is 0 Å². The van der Waals surface area contributed by atoms with Crippen LogP contribution in [-0.2, 0) is 17.6 Å². The Labute approximate surface area is 163 Å². The first kappa shape index (κ1) is 18.9. The van der Waals surface area contributed by atoms with Gasteiger partial charge in [-0.1, -0.05) is 33.3 Å². The predicted octanol–water partition coefficient (Wildman–Crippen LogP) is 5.87. The molecular formula is C21H24N2OS2. The van der Waals surface area contributed by atoms with Crippen LogP contribution in [0.1, 0.15) is 54.5 Å². The molecule has 0 saturated heterocycles. The van der Waals surface area contributed by atoms with E-state index in [9.17, 15) is 10.1 Å². The maximum absolute atomic E-state index is 12.3. The maximum atomic E-state index is 12.3. The number of hydrogen-bond acceptors (Lipinski definition) is 4. The van der Waals surface area contributed by atoms with Gasteiger partial charge in [-0.05, 0) is 53.7 Å². The molecule has 2 heterocycles. The summed E-state index contributed by atoms with van der Waals surface area (Å²) in [7, 11) is 0. The lowest BCUT2D eigenvalue weighted by Crippen LogP contribution is -2.28. The number of carbonyl (C=O) groups excluding carboxylic acids is 1. The first-order valence-electron chi connectivity index (χ1n) is 9.01. The number of thiophene rings is 2. The van der Waals surface area contributed by atoms with E-state index in [2.05, 4.69) is 32.2 Å². The van der Waals surface area contributed by atoms with E-state index in [1.165, 1.54) is 11.0 Å². The molecule has 1 aliphatic carbocycles. The lowest BCUT2D eigenvalue weighted by Gasteiger charge is -2.36. The number of rotatable bonds is 5. The van der Waals surface area contributed by atoms with Gasteiger partial charge in [0.15, 0.2) is 0 Å². The summed E-state index contributed by atoms with van der Waals surface area (Å²) in [5.41, 5.74) is 2.12. The molecule has 136 valence electrons. The van der Waals surface area contributed by atoms with Crippen LogP contribution < -0.4 is 5.32 Å². The van der Waals surface area contributed by atoms with Crippen LogP contribution in [0.3, 0.4) is 0 Å². The number of nitrogens with zero attached hydrogens (tertiary/aromatic N) is 1. The van der Waals surface area contributed by atoms with Gasteiger partial charge in [-0.2, -0.15) is 5.26 Å². The third kappa shape index (κ3) is 3.92. The second-order valence-electron chi connectivity index (χ2n) is 7.44. The number of nitrogens with one attached hydrogen (secondary N) is 1. The molecule has 0 fully saturated rings. The van der Waals surface area contributed by atoms with Crippen molar-refractivity contribution >= 4 is 39.7 Å². The number of anilines is 1. The van der Waals surface area contributed by atoms with E-state index in [-0.39, 0.29) is 5.91 Å². The zero-order valence-electron chi connectivity index (χ0n) is 15.5. The van der Waals surface area contributed by atoms with Crippen molar-refractivity contribution in [2.75, 3.05) is 5.32 Å². The molecule has 2 aromatic rings. The summed E-state index contributed by atoms with van der Waals surface area (Å²) in [6, 6.07) is 6.24. The summed E-state index contributed by atoms with van der Waals surface area (Å²) in [6.45, 7) is 6.91. The summed E-state index contributed by atoms with van der Waals surface area (Å²) in [4.78, 5) is 14.6. The largest absolute Gasteiger partial charge is 0.313 e. The Bertz CT molecular complexity index is 853. The van der Waals surface area contributed by atoms with Crippen molar-refractivity contribution in [1.29, 1.82) is 5.26 Å². The van der Waals surface area contributed by atoms with Crippen LogP contribution in [0.15, 0.2) is 23.6 Å². The number of hydrogen-bond donors (Lipinski definition) is 1. The summed E-state index contributed by atoms with van der Waals surface area (Å²) >= 11 is 3.17. The summed E-state index contributed by atoms with van der Waals surface area (Å²) in [6.07, 6.45) is 7.56. The number of amides is 1. The lowest BCUT2D eigenvalue weighted by atomic mass is 9.69. The fourth-order valence-corrected chi connectivity index (χ4v) is 5.34. The number of nitriles is 1. The molecule has 2 aromatic heterocycles. The molecule has 3 nitrogen and oxygen atoms in total. The highest BCUT2D eigenvalue weighted by atomic mass is 32.1. The van der Waals surface area contributed by atoms with Gasteiger partial charge < -0.3 is 5.32 Å². The first-order chi connectivity index (χ1) is 12.4. The highest BCUT2D eigenvalue weighted by Crippen LogP contribution is 2.45. The van der Waals surface area contributed by atoms with Gasteiger partial charge in [-0.3, -0.25) is 4.79 Å². The highest BCUT2D eigenvalue weighted by Gasteiger charge is 2.33. The van der Waals surface area contributed by atoms with E-state index in [0.717, 1.165) is 36.1 Å². The van der Waals surface area contributed by atoms with Gasteiger partial charge in [0.2, 0.25) is 5.91 Å². The van der Waals surface area contributed by atoms with Crippen molar-refractivity contribution in [2.45, 2.75) is 46.5 Å². The van der Waals surface area contributed by atoms with Gasteiger partial charge >= 0.3 is 0 Å². The molecule has 1 unspecified atom stereocenters. The molecular weight excluding hydrogens is 360 g/mol. The second kappa shape index (κ2) is 7.77. The first-order valence-corrected chi connectivity index (χ1v) is 10.7. The molecule has 0 saturated carbocycles. The van der Waals surface area contributed by atoms with E-state index in [0.29, 0.717) is 21.9 Å². The minimum absolute atomic E-state index is 0.182. The third-order valence-electron chi connectivity index (χ3n) is 5.57. The van der Waals surface area contributed by atoms with Gasteiger partial charge in [0.1, 0.15) is 11.1 Å². The van der Waals surface area contributed by atoms with Crippen molar-refractivity contribution in [1.82, 2.24) is 0 Å². The summed E-state index contributed by atoms with van der Waals surface area (Å²) < 4.78 is 0. The average molecular weight is 385 g/mol. The molecule has 1 aliphatic rings. The van der Waals surface area contributed by atoms with Crippen molar-refractivity contribution in [3.05, 3.63) is 44.5 Å². The zero-order valence-corrected chi connectivity index (χ0v) is 17.1. The maximum Gasteiger partial charge on any atom is 0.249 e. The van der Waals surface area contributed by atoms with E-state index < -0.39 is 0 Å². The van der Waals surface area contributed by atoms with E-state index in [1.54, 1.807) is 28.7 Å². The summed E-state index contributed by atoms with van der Waals surface area (Å²) in [5, 5.41) is 15.2. The fourth-order valence-electron chi connectivity index (χ4n) is 3.45.